The average Bonchev–Trinajstić information content (AvgIpc) is 3.07. The summed E-state index contributed by atoms with van der Waals surface area (Å²) in [6.45, 7) is 1.88. The van der Waals surface area contributed by atoms with Gasteiger partial charge < -0.3 is 4.42 Å². The third kappa shape index (κ3) is 2.92. The summed E-state index contributed by atoms with van der Waals surface area (Å²) in [6.07, 6.45) is 0. The van der Waals surface area contributed by atoms with Gasteiger partial charge in [-0.2, -0.15) is 0 Å². The number of halogens is 2. The molecule has 0 aliphatic carbocycles. The number of aromatic amines is 1. The molecule has 0 spiro atoms. The van der Waals surface area contributed by atoms with Crippen LogP contribution in [-0.4, -0.2) is 18.4 Å². The number of aromatic nitrogens is 2. The second-order valence-corrected chi connectivity index (χ2v) is 9.50. The minimum absolute atomic E-state index is 0.0197. The highest BCUT2D eigenvalue weighted by Crippen LogP contribution is 2.36. The van der Waals surface area contributed by atoms with Crippen LogP contribution in [0, 0.1) is 6.92 Å². The number of hydrogen-bond acceptors (Lipinski definition) is 6. The van der Waals surface area contributed by atoms with Crippen molar-refractivity contribution in [2.75, 3.05) is 4.72 Å². The highest BCUT2D eigenvalue weighted by Gasteiger charge is 2.26. The van der Waals surface area contributed by atoms with Gasteiger partial charge in [0.05, 0.1) is 26.4 Å². The zero-order valence-electron chi connectivity index (χ0n) is 13.0. The SMILES string of the molecule is Cc1nc2ccc(NS(=O)(=O)c3c(Br)cc4[nH]c(=O)oc4c3Cl)cc2s1. The van der Waals surface area contributed by atoms with Crippen LogP contribution in [-0.2, 0) is 10.0 Å². The van der Waals surface area contributed by atoms with Crippen molar-refractivity contribution in [1.82, 2.24) is 9.97 Å². The predicted molar refractivity (Wildman–Crippen MR) is 105 cm³/mol. The van der Waals surface area contributed by atoms with Crippen molar-refractivity contribution in [1.29, 1.82) is 0 Å². The van der Waals surface area contributed by atoms with E-state index in [2.05, 4.69) is 30.6 Å². The van der Waals surface area contributed by atoms with E-state index in [0.717, 1.165) is 15.2 Å². The second-order valence-electron chi connectivity index (χ2n) is 5.41. The number of oxazole rings is 1. The molecule has 0 aliphatic rings. The molecule has 11 heteroatoms. The molecule has 0 unspecified atom stereocenters. The molecule has 0 saturated heterocycles. The summed E-state index contributed by atoms with van der Waals surface area (Å²) >= 11 is 10.9. The molecule has 26 heavy (non-hydrogen) atoms. The Morgan fingerprint density at radius 2 is 2.12 bits per heavy atom. The number of H-pyrrole nitrogens is 1. The summed E-state index contributed by atoms with van der Waals surface area (Å²) in [5.74, 6) is -0.720. The molecule has 0 bridgehead atoms. The van der Waals surface area contributed by atoms with Crippen LogP contribution >= 0.6 is 38.9 Å². The van der Waals surface area contributed by atoms with E-state index in [1.807, 2.05) is 6.92 Å². The molecule has 0 fully saturated rings. The standard InChI is InChI=1S/C15H9BrClN3O4S2/c1-6-18-9-3-2-7(4-11(9)25-6)20-26(22,23)14-8(16)5-10-13(12(14)17)24-15(21)19-10/h2-5,20H,1H3,(H,19,21). The van der Waals surface area contributed by atoms with E-state index in [1.165, 1.54) is 17.4 Å². The van der Waals surface area contributed by atoms with Crippen molar-refractivity contribution in [3.05, 3.63) is 49.3 Å². The van der Waals surface area contributed by atoms with E-state index in [0.29, 0.717) is 11.2 Å². The topological polar surface area (TPSA) is 105 Å². The number of anilines is 1. The molecule has 0 amide bonds. The van der Waals surface area contributed by atoms with Gasteiger partial charge in [0.15, 0.2) is 5.58 Å². The van der Waals surface area contributed by atoms with E-state index < -0.39 is 15.8 Å². The fourth-order valence-corrected chi connectivity index (χ4v) is 6.34. The third-order valence-corrected chi connectivity index (χ3v) is 7.34. The monoisotopic (exact) mass is 473 g/mol. The van der Waals surface area contributed by atoms with Gasteiger partial charge in [-0.15, -0.1) is 11.3 Å². The normalized spacial score (nSPS) is 12.1. The maximum atomic E-state index is 12.9. The predicted octanol–water partition coefficient (Wildman–Crippen LogP) is 4.26. The van der Waals surface area contributed by atoms with Gasteiger partial charge in [0.25, 0.3) is 10.0 Å². The average molecular weight is 475 g/mol. The Balaban J connectivity index is 1.82. The molecular formula is C15H9BrClN3O4S2. The number of rotatable bonds is 3. The van der Waals surface area contributed by atoms with Crippen LogP contribution in [0.15, 0.2) is 42.8 Å². The Morgan fingerprint density at radius 3 is 2.88 bits per heavy atom. The van der Waals surface area contributed by atoms with E-state index in [4.69, 9.17) is 16.0 Å². The Kier molecular flexibility index (Phi) is 4.10. The summed E-state index contributed by atoms with van der Waals surface area (Å²) in [4.78, 5) is 17.9. The van der Waals surface area contributed by atoms with E-state index in [1.54, 1.807) is 18.2 Å². The van der Waals surface area contributed by atoms with Crippen molar-refractivity contribution >= 4 is 75.9 Å². The number of thiazole rings is 1. The highest BCUT2D eigenvalue weighted by molar-refractivity contribution is 9.10. The number of aryl methyl sites for hydroxylation is 1. The zero-order valence-corrected chi connectivity index (χ0v) is 16.9. The summed E-state index contributed by atoms with van der Waals surface area (Å²) in [5, 5.41) is 0.702. The molecule has 0 radical (unpaired) electrons. The Bertz CT molecular complexity index is 1340. The highest BCUT2D eigenvalue weighted by atomic mass is 79.9. The molecule has 0 atom stereocenters. The zero-order chi connectivity index (χ0) is 18.6. The lowest BCUT2D eigenvalue weighted by atomic mass is 10.3. The fraction of sp³-hybridized carbons (Fsp3) is 0.0667. The Labute approximate surface area is 164 Å². The van der Waals surface area contributed by atoms with Crippen LogP contribution in [0.5, 0.6) is 0 Å². The molecule has 2 N–H and O–H groups in total. The number of sulfonamides is 1. The van der Waals surface area contributed by atoms with E-state index in [-0.39, 0.29) is 20.0 Å². The molecule has 0 aliphatic heterocycles. The summed E-state index contributed by atoms with van der Waals surface area (Å²) < 4.78 is 34.2. The number of nitrogens with zero attached hydrogens (tertiary/aromatic N) is 1. The molecule has 4 aromatic rings. The number of benzene rings is 2. The van der Waals surface area contributed by atoms with Gasteiger partial charge >= 0.3 is 5.76 Å². The summed E-state index contributed by atoms with van der Waals surface area (Å²) in [6, 6.07) is 6.49. The molecule has 2 heterocycles. The van der Waals surface area contributed by atoms with Gasteiger partial charge in [-0.05, 0) is 47.1 Å². The first-order valence-electron chi connectivity index (χ1n) is 7.15. The van der Waals surface area contributed by atoms with Crippen LogP contribution in [0.25, 0.3) is 21.3 Å². The van der Waals surface area contributed by atoms with Crippen molar-refractivity contribution in [2.45, 2.75) is 11.8 Å². The van der Waals surface area contributed by atoms with E-state index >= 15 is 0 Å². The third-order valence-electron chi connectivity index (χ3n) is 3.58. The van der Waals surface area contributed by atoms with Crippen LogP contribution in [0.3, 0.4) is 0 Å². The van der Waals surface area contributed by atoms with Crippen molar-refractivity contribution < 1.29 is 12.8 Å². The van der Waals surface area contributed by atoms with Crippen LogP contribution in [0.1, 0.15) is 5.01 Å². The quantitative estimate of drug-likeness (QED) is 0.462. The van der Waals surface area contributed by atoms with Crippen molar-refractivity contribution in [3.8, 4) is 0 Å². The first-order chi connectivity index (χ1) is 12.2. The summed E-state index contributed by atoms with van der Waals surface area (Å²) in [7, 11) is -4.04. The molecule has 2 aromatic heterocycles. The van der Waals surface area contributed by atoms with Crippen molar-refractivity contribution in [2.24, 2.45) is 0 Å². The maximum Gasteiger partial charge on any atom is 0.417 e. The Morgan fingerprint density at radius 1 is 1.35 bits per heavy atom. The first kappa shape index (κ1) is 17.5. The molecule has 134 valence electrons. The van der Waals surface area contributed by atoms with Crippen molar-refractivity contribution in [3.63, 3.8) is 0 Å². The number of fused-ring (bicyclic) bond motifs is 2. The smallest absolute Gasteiger partial charge is 0.406 e. The minimum atomic E-state index is -4.04. The first-order valence-corrected chi connectivity index (χ1v) is 10.6. The second kappa shape index (κ2) is 6.08. The van der Waals surface area contributed by atoms with Crippen LogP contribution in [0.4, 0.5) is 5.69 Å². The number of nitrogens with one attached hydrogen (secondary N) is 2. The Hall–Kier alpha value is -1.88. The molecule has 0 saturated carbocycles. The molecule has 4 rings (SSSR count). The van der Waals surface area contributed by atoms with Crippen LogP contribution in [0.2, 0.25) is 5.02 Å². The van der Waals surface area contributed by atoms with Gasteiger partial charge in [0.1, 0.15) is 9.92 Å². The van der Waals surface area contributed by atoms with Gasteiger partial charge in [-0.1, -0.05) is 11.6 Å². The number of hydrogen-bond donors (Lipinski definition) is 2. The maximum absolute atomic E-state index is 12.9. The summed E-state index contributed by atoms with van der Waals surface area (Å²) in [5.41, 5.74) is 1.45. The lowest BCUT2D eigenvalue weighted by Gasteiger charge is -2.11. The lowest BCUT2D eigenvalue weighted by Crippen LogP contribution is -2.14. The molecule has 2 aromatic carbocycles. The molecule has 7 nitrogen and oxygen atoms in total. The van der Waals surface area contributed by atoms with Gasteiger partial charge in [0.2, 0.25) is 0 Å². The van der Waals surface area contributed by atoms with Gasteiger partial charge in [-0.3, -0.25) is 9.71 Å². The van der Waals surface area contributed by atoms with E-state index in [9.17, 15) is 13.2 Å². The largest absolute Gasteiger partial charge is 0.417 e. The lowest BCUT2D eigenvalue weighted by molar-refractivity contribution is 0.554. The molecular weight excluding hydrogens is 466 g/mol. The minimum Gasteiger partial charge on any atom is -0.406 e. The fourth-order valence-electron chi connectivity index (χ4n) is 2.56. The van der Waals surface area contributed by atoms with Gasteiger partial charge in [0, 0.05) is 4.47 Å². The van der Waals surface area contributed by atoms with Gasteiger partial charge in [-0.25, -0.2) is 18.2 Å². The van der Waals surface area contributed by atoms with Crippen LogP contribution < -0.4 is 10.5 Å².